The zero-order chi connectivity index (χ0) is 20.1. The molecule has 1 fully saturated rings. The fourth-order valence-electron chi connectivity index (χ4n) is 2.80. The highest BCUT2D eigenvalue weighted by Crippen LogP contribution is 2.25. The predicted octanol–water partition coefficient (Wildman–Crippen LogP) is 3.15. The monoisotopic (exact) mass is 459 g/mol. The van der Waals surface area contributed by atoms with Crippen LogP contribution in [0.25, 0.3) is 0 Å². The smallest absolute Gasteiger partial charge is 0.244 e. The van der Waals surface area contributed by atoms with Gasteiger partial charge in [0.05, 0.1) is 5.75 Å². The highest BCUT2D eigenvalue weighted by atomic mass is 35.5. The molecular weight excluding hydrogens is 441 g/mol. The number of carbonyl (C=O) groups excluding carboxylic acids is 1. The van der Waals surface area contributed by atoms with Crippen LogP contribution in [0.4, 0.5) is 0 Å². The summed E-state index contributed by atoms with van der Waals surface area (Å²) in [5.41, 5.74) is 0.927. The number of thioether (sulfide) groups is 1. The molecule has 0 radical (unpaired) electrons. The molecule has 2 aromatic rings. The summed E-state index contributed by atoms with van der Waals surface area (Å²) in [4.78, 5) is 18.2. The van der Waals surface area contributed by atoms with Gasteiger partial charge in [0.15, 0.2) is 0 Å². The largest absolute Gasteiger partial charge is 0.339 e. The Morgan fingerprint density at radius 3 is 2.54 bits per heavy atom. The quantitative estimate of drug-likeness (QED) is 0.663. The van der Waals surface area contributed by atoms with Crippen molar-refractivity contribution in [3.05, 3.63) is 58.3 Å². The van der Waals surface area contributed by atoms with Crippen molar-refractivity contribution >= 4 is 50.9 Å². The molecule has 1 aromatic carbocycles. The van der Waals surface area contributed by atoms with Crippen LogP contribution in [0.2, 0.25) is 10.0 Å². The van der Waals surface area contributed by atoms with Gasteiger partial charge < -0.3 is 4.90 Å². The third kappa shape index (κ3) is 5.18. The predicted molar refractivity (Wildman–Crippen MR) is 112 cm³/mol. The van der Waals surface area contributed by atoms with Crippen LogP contribution >= 0.6 is 35.0 Å². The average Bonchev–Trinajstić information content (AvgIpc) is 2.70. The van der Waals surface area contributed by atoms with E-state index in [0.29, 0.717) is 34.6 Å². The molecule has 0 atom stereocenters. The van der Waals surface area contributed by atoms with Gasteiger partial charge in [-0.25, -0.2) is 8.42 Å². The lowest BCUT2D eigenvalue weighted by Crippen LogP contribution is -2.51. The molecule has 1 amide bonds. The second-order valence-electron chi connectivity index (χ2n) is 6.20. The minimum atomic E-state index is -3.57. The van der Waals surface area contributed by atoms with Gasteiger partial charge >= 0.3 is 0 Å². The van der Waals surface area contributed by atoms with Crippen LogP contribution in [0.3, 0.4) is 0 Å². The number of amides is 1. The number of aromatic nitrogens is 1. The number of benzene rings is 1. The molecule has 1 aliphatic heterocycles. The first-order valence-electron chi connectivity index (χ1n) is 8.57. The summed E-state index contributed by atoms with van der Waals surface area (Å²) < 4.78 is 26.6. The topological polar surface area (TPSA) is 70.6 Å². The van der Waals surface area contributed by atoms with E-state index in [9.17, 15) is 13.2 Å². The SMILES string of the molecule is O=C(CSCc1ccc(Cl)cc1Cl)N1CCN(S(=O)(=O)c2cccnc2)CC1. The van der Waals surface area contributed by atoms with Gasteiger partial charge in [0.1, 0.15) is 4.90 Å². The number of hydrogen-bond donors (Lipinski definition) is 0. The molecule has 0 aliphatic carbocycles. The number of sulfonamides is 1. The van der Waals surface area contributed by atoms with Gasteiger partial charge in [-0.3, -0.25) is 9.78 Å². The Balaban J connectivity index is 1.48. The second kappa shape index (κ2) is 9.45. The highest BCUT2D eigenvalue weighted by molar-refractivity contribution is 7.99. The van der Waals surface area contributed by atoms with E-state index in [1.807, 2.05) is 6.07 Å². The lowest BCUT2D eigenvalue weighted by atomic mass is 10.2. The van der Waals surface area contributed by atoms with Gasteiger partial charge in [-0.1, -0.05) is 29.3 Å². The summed E-state index contributed by atoms with van der Waals surface area (Å²) >= 11 is 13.5. The Bertz CT molecular complexity index is 934. The Morgan fingerprint density at radius 1 is 1.14 bits per heavy atom. The number of rotatable bonds is 6. The molecule has 3 rings (SSSR count). The molecule has 0 spiro atoms. The van der Waals surface area contributed by atoms with Crippen LogP contribution in [0.5, 0.6) is 0 Å². The van der Waals surface area contributed by atoms with Crippen LogP contribution in [-0.2, 0) is 20.6 Å². The molecule has 10 heteroatoms. The fourth-order valence-corrected chi connectivity index (χ4v) is 5.68. The van der Waals surface area contributed by atoms with Crippen molar-refractivity contribution in [1.29, 1.82) is 0 Å². The van der Waals surface area contributed by atoms with E-state index in [2.05, 4.69) is 4.98 Å². The first kappa shape index (κ1) is 21.4. The van der Waals surface area contributed by atoms with E-state index in [4.69, 9.17) is 23.2 Å². The van der Waals surface area contributed by atoms with E-state index in [0.717, 1.165) is 5.56 Å². The minimum Gasteiger partial charge on any atom is -0.339 e. The van der Waals surface area contributed by atoms with E-state index >= 15 is 0 Å². The van der Waals surface area contributed by atoms with Gasteiger partial charge in [-0.15, -0.1) is 11.8 Å². The third-order valence-corrected chi connectivity index (χ3v) is 7.80. The maximum Gasteiger partial charge on any atom is 0.244 e. The van der Waals surface area contributed by atoms with Gasteiger partial charge in [0, 0.05) is 54.4 Å². The van der Waals surface area contributed by atoms with Crippen molar-refractivity contribution in [3.63, 3.8) is 0 Å². The zero-order valence-corrected chi connectivity index (χ0v) is 18.1. The number of nitrogens with zero attached hydrogens (tertiary/aromatic N) is 3. The highest BCUT2D eigenvalue weighted by Gasteiger charge is 2.30. The molecule has 2 heterocycles. The van der Waals surface area contributed by atoms with Crippen LogP contribution in [-0.4, -0.2) is 60.4 Å². The summed E-state index contributed by atoms with van der Waals surface area (Å²) in [6.45, 7) is 1.30. The van der Waals surface area contributed by atoms with Crippen LogP contribution in [0.15, 0.2) is 47.6 Å². The maximum atomic E-state index is 12.6. The number of piperazine rings is 1. The number of halogens is 2. The fraction of sp³-hybridized carbons (Fsp3) is 0.333. The normalized spacial score (nSPS) is 15.6. The summed E-state index contributed by atoms with van der Waals surface area (Å²) in [7, 11) is -3.57. The molecular formula is C18H19Cl2N3O3S2. The van der Waals surface area contributed by atoms with Crippen LogP contribution < -0.4 is 0 Å². The standard InChI is InChI=1S/C18H19Cl2N3O3S2/c19-15-4-3-14(17(20)10-15)12-27-13-18(24)22-6-8-23(9-7-22)28(25,26)16-2-1-5-21-11-16/h1-5,10-11H,6-9,12-13H2. The lowest BCUT2D eigenvalue weighted by Gasteiger charge is -2.34. The molecule has 1 aromatic heterocycles. The van der Waals surface area contributed by atoms with Gasteiger partial charge in [-0.05, 0) is 29.8 Å². The Hall–Kier alpha value is -1.32. The Labute approximate surface area is 178 Å². The summed E-state index contributed by atoms with van der Waals surface area (Å²) in [6.07, 6.45) is 2.87. The molecule has 1 aliphatic rings. The zero-order valence-electron chi connectivity index (χ0n) is 14.9. The van der Waals surface area contributed by atoms with E-state index in [1.165, 1.54) is 34.5 Å². The molecule has 0 unspecified atom stereocenters. The number of hydrogen-bond acceptors (Lipinski definition) is 5. The van der Waals surface area contributed by atoms with E-state index < -0.39 is 10.0 Å². The summed E-state index contributed by atoms with van der Waals surface area (Å²) in [5.74, 6) is 0.916. The van der Waals surface area contributed by atoms with Crippen molar-refractivity contribution in [2.45, 2.75) is 10.6 Å². The second-order valence-corrected chi connectivity index (χ2v) is 9.97. The van der Waals surface area contributed by atoms with Crippen molar-refractivity contribution in [3.8, 4) is 0 Å². The molecule has 0 bridgehead atoms. The Morgan fingerprint density at radius 2 is 1.89 bits per heavy atom. The first-order chi connectivity index (χ1) is 13.4. The van der Waals surface area contributed by atoms with Crippen LogP contribution in [0, 0.1) is 0 Å². The average molecular weight is 460 g/mol. The summed E-state index contributed by atoms with van der Waals surface area (Å²) in [6, 6.07) is 8.43. The van der Waals surface area contributed by atoms with Crippen LogP contribution in [0.1, 0.15) is 5.56 Å². The number of pyridine rings is 1. The van der Waals surface area contributed by atoms with Crippen molar-refractivity contribution in [2.24, 2.45) is 0 Å². The van der Waals surface area contributed by atoms with E-state index in [1.54, 1.807) is 23.1 Å². The molecule has 150 valence electrons. The maximum absolute atomic E-state index is 12.6. The van der Waals surface area contributed by atoms with E-state index in [-0.39, 0.29) is 23.9 Å². The summed E-state index contributed by atoms with van der Waals surface area (Å²) in [5, 5.41) is 1.16. The minimum absolute atomic E-state index is 0.00601. The van der Waals surface area contributed by atoms with Crippen molar-refractivity contribution < 1.29 is 13.2 Å². The lowest BCUT2D eigenvalue weighted by molar-refractivity contribution is -0.129. The van der Waals surface area contributed by atoms with Gasteiger partial charge in [0.25, 0.3) is 0 Å². The van der Waals surface area contributed by atoms with Gasteiger partial charge in [0.2, 0.25) is 15.9 Å². The molecule has 1 saturated heterocycles. The molecule has 0 saturated carbocycles. The van der Waals surface area contributed by atoms with Crippen molar-refractivity contribution in [1.82, 2.24) is 14.2 Å². The van der Waals surface area contributed by atoms with Gasteiger partial charge in [-0.2, -0.15) is 4.31 Å². The van der Waals surface area contributed by atoms with Crippen molar-refractivity contribution in [2.75, 3.05) is 31.9 Å². The first-order valence-corrected chi connectivity index (χ1v) is 11.9. The Kier molecular flexibility index (Phi) is 7.22. The number of carbonyl (C=O) groups is 1. The third-order valence-electron chi connectivity index (χ3n) is 4.36. The molecule has 6 nitrogen and oxygen atoms in total. The molecule has 0 N–H and O–H groups in total. The molecule has 28 heavy (non-hydrogen) atoms.